The second-order valence-electron chi connectivity index (χ2n) is 9.31. The molecule has 12 nitrogen and oxygen atoms in total. The summed E-state index contributed by atoms with van der Waals surface area (Å²) < 4.78 is 7.61. The Kier molecular flexibility index (Phi) is 6.81. The van der Waals surface area contributed by atoms with E-state index in [4.69, 9.17) is 14.7 Å². The molecule has 1 aromatic carbocycles. The van der Waals surface area contributed by atoms with E-state index in [1.54, 1.807) is 36.1 Å². The highest BCUT2D eigenvalue weighted by atomic mass is 79.9. The maximum atomic E-state index is 12.3. The Morgan fingerprint density at radius 3 is 2.92 bits per heavy atom. The number of aromatic nitrogens is 5. The van der Waals surface area contributed by atoms with Gasteiger partial charge in [-0.2, -0.15) is 15.3 Å². The Labute approximate surface area is 226 Å². The Morgan fingerprint density at radius 2 is 2.18 bits per heavy atom. The Hall–Kier alpha value is -4.31. The Bertz CT molecular complexity index is 1560. The van der Waals surface area contributed by atoms with Crippen molar-refractivity contribution in [1.82, 2.24) is 30.0 Å². The van der Waals surface area contributed by atoms with Crippen molar-refractivity contribution in [3.8, 4) is 23.2 Å². The molecule has 1 aliphatic carbocycles. The van der Waals surface area contributed by atoms with Crippen LogP contribution in [0, 0.1) is 16.7 Å². The third kappa shape index (κ3) is 4.82. The molecule has 3 aromatic heterocycles. The fourth-order valence-corrected chi connectivity index (χ4v) is 5.19. The number of amides is 2. The molecule has 0 unspecified atom stereocenters. The highest BCUT2D eigenvalue weighted by Crippen LogP contribution is 2.39. The van der Waals surface area contributed by atoms with Gasteiger partial charge in [0.25, 0.3) is 0 Å². The summed E-state index contributed by atoms with van der Waals surface area (Å²) in [7, 11) is 1.66. The van der Waals surface area contributed by atoms with Crippen LogP contribution >= 0.6 is 15.9 Å². The number of carbonyl (C=O) groups excluding carboxylic acids is 2. The molecule has 5 rings (SSSR count). The summed E-state index contributed by atoms with van der Waals surface area (Å²) in [6.07, 6.45) is 6.60. The lowest BCUT2D eigenvalue weighted by Crippen LogP contribution is -2.35. The maximum Gasteiger partial charge on any atom is 0.238 e. The molecule has 1 aliphatic rings. The number of fused-ring (bicyclic) bond motifs is 1. The van der Waals surface area contributed by atoms with Crippen molar-refractivity contribution in [2.75, 3.05) is 17.7 Å². The summed E-state index contributed by atoms with van der Waals surface area (Å²) in [6.45, 7) is 1.97. The lowest BCUT2D eigenvalue weighted by molar-refractivity contribution is -0.129. The zero-order chi connectivity index (χ0) is 26.9. The molecule has 0 radical (unpaired) electrons. The van der Waals surface area contributed by atoms with E-state index >= 15 is 0 Å². The number of nitriles is 1. The van der Waals surface area contributed by atoms with Gasteiger partial charge < -0.3 is 20.4 Å². The van der Waals surface area contributed by atoms with Gasteiger partial charge in [0.15, 0.2) is 5.65 Å². The van der Waals surface area contributed by atoms with Crippen LogP contribution in [-0.4, -0.2) is 49.6 Å². The van der Waals surface area contributed by atoms with Crippen LogP contribution in [0.3, 0.4) is 0 Å². The molecule has 0 aliphatic heterocycles. The van der Waals surface area contributed by atoms with Crippen LogP contribution in [0.25, 0.3) is 28.2 Å². The van der Waals surface area contributed by atoms with E-state index in [0.29, 0.717) is 50.8 Å². The molecule has 194 valence electrons. The smallest absolute Gasteiger partial charge is 0.238 e. The monoisotopic (exact) mass is 577 g/mol. The number of carbonyl (C=O) groups is 2. The van der Waals surface area contributed by atoms with Crippen LogP contribution in [0.5, 0.6) is 0 Å². The first-order chi connectivity index (χ1) is 18.3. The van der Waals surface area contributed by atoms with Crippen LogP contribution in [0.4, 0.5) is 11.6 Å². The molecular weight excluding hydrogens is 554 g/mol. The van der Waals surface area contributed by atoms with Gasteiger partial charge in [-0.15, -0.1) is 0 Å². The summed E-state index contributed by atoms with van der Waals surface area (Å²) >= 11 is 3.48. The van der Waals surface area contributed by atoms with E-state index in [2.05, 4.69) is 46.9 Å². The van der Waals surface area contributed by atoms with Crippen LogP contribution in [0.2, 0.25) is 0 Å². The molecule has 4 aromatic rings. The molecule has 1 fully saturated rings. The topological polar surface area (TPSA) is 164 Å². The largest absolute Gasteiger partial charge is 0.444 e. The van der Waals surface area contributed by atoms with E-state index in [-0.39, 0.29) is 18.4 Å². The lowest BCUT2D eigenvalue weighted by Gasteiger charge is -2.22. The van der Waals surface area contributed by atoms with Crippen LogP contribution in [0.15, 0.2) is 45.9 Å². The molecule has 13 heteroatoms. The van der Waals surface area contributed by atoms with Crippen molar-refractivity contribution in [1.29, 1.82) is 5.26 Å². The van der Waals surface area contributed by atoms with Gasteiger partial charge in [0.05, 0.1) is 34.6 Å². The van der Waals surface area contributed by atoms with Crippen LogP contribution < -0.4 is 16.0 Å². The number of hydrogen-bond donors (Lipinski definition) is 3. The number of rotatable bonds is 7. The molecule has 38 heavy (non-hydrogen) atoms. The number of nitrogens with one attached hydrogen (secondary N) is 3. The summed E-state index contributed by atoms with van der Waals surface area (Å²) in [6, 6.07) is 7.17. The van der Waals surface area contributed by atoms with E-state index in [9.17, 15) is 9.59 Å². The zero-order valence-electron chi connectivity index (χ0n) is 20.7. The molecule has 3 heterocycles. The minimum atomic E-state index is -0.460. The highest BCUT2D eigenvalue weighted by Gasteiger charge is 2.41. The summed E-state index contributed by atoms with van der Waals surface area (Å²) in [4.78, 5) is 37.9. The molecular formula is C25H24BrN9O3. The van der Waals surface area contributed by atoms with Gasteiger partial charge in [0.2, 0.25) is 23.7 Å². The molecule has 0 bridgehead atoms. The third-order valence-corrected chi connectivity index (χ3v) is 7.24. The molecule has 2 atom stereocenters. The van der Waals surface area contributed by atoms with E-state index < -0.39 is 11.3 Å². The summed E-state index contributed by atoms with van der Waals surface area (Å²) in [5, 5.41) is 23.1. The number of oxazole rings is 1. The van der Waals surface area contributed by atoms with E-state index in [1.165, 1.54) is 12.5 Å². The molecule has 0 saturated heterocycles. The standard InChI is InChI=1S/C25H24BrN9O3/c1-25(23(37)28-2)7-5-14(12-25)31-24-30-13-17-20(26)34-35(21(17)33-24)15-3-4-16(22-29-9-10-38-22)18(11-15)32-19(36)6-8-27/h3-4,9-11,13-14H,5-7,12H2,1-2H3,(H,28,37)(H,32,36)(H,30,31,33)/t14-,25-/m1/s1. The predicted octanol–water partition coefficient (Wildman–Crippen LogP) is 3.80. The van der Waals surface area contributed by atoms with Crippen molar-refractivity contribution < 1.29 is 14.0 Å². The quantitative estimate of drug-likeness (QED) is 0.296. The summed E-state index contributed by atoms with van der Waals surface area (Å²) in [5.41, 5.74) is 1.69. The lowest BCUT2D eigenvalue weighted by atomic mass is 9.87. The normalized spacial score (nSPS) is 18.7. The second-order valence-corrected chi connectivity index (χ2v) is 10.1. The number of benzene rings is 1. The van der Waals surface area contributed by atoms with Gasteiger partial charge >= 0.3 is 0 Å². The number of halogens is 1. The van der Waals surface area contributed by atoms with Gasteiger partial charge in [0.1, 0.15) is 17.3 Å². The minimum Gasteiger partial charge on any atom is -0.444 e. The van der Waals surface area contributed by atoms with Gasteiger partial charge in [-0.1, -0.05) is 6.92 Å². The van der Waals surface area contributed by atoms with Crippen molar-refractivity contribution in [3.05, 3.63) is 41.5 Å². The molecule has 1 saturated carbocycles. The number of anilines is 2. The van der Waals surface area contributed by atoms with Gasteiger partial charge in [0, 0.05) is 24.7 Å². The minimum absolute atomic E-state index is 0.0334. The van der Waals surface area contributed by atoms with Crippen molar-refractivity contribution in [3.63, 3.8) is 0 Å². The molecule has 3 N–H and O–H groups in total. The van der Waals surface area contributed by atoms with Crippen LogP contribution in [0.1, 0.15) is 32.6 Å². The fraction of sp³-hybridized carbons (Fsp3) is 0.320. The molecule has 0 spiro atoms. The first-order valence-electron chi connectivity index (χ1n) is 11.9. The van der Waals surface area contributed by atoms with Gasteiger partial charge in [-0.05, 0) is 53.4 Å². The highest BCUT2D eigenvalue weighted by molar-refractivity contribution is 9.10. The third-order valence-electron chi connectivity index (χ3n) is 6.65. The number of hydrogen-bond acceptors (Lipinski definition) is 9. The predicted molar refractivity (Wildman–Crippen MR) is 142 cm³/mol. The summed E-state index contributed by atoms with van der Waals surface area (Å²) in [5.74, 6) is 0.324. The van der Waals surface area contributed by atoms with Crippen molar-refractivity contribution >= 4 is 50.4 Å². The van der Waals surface area contributed by atoms with Crippen molar-refractivity contribution in [2.24, 2.45) is 5.41 Å². The first kappa shape index (κ1) is 25.3. The average molecular weight is 578 g/mol. The van der Waals surface area contributed by atoms with Crippen molar-refractivity contribution in [2.45, 2.75) is 38.6 Å². The second kappa shape index (κ2) is 10.2. The van der Waals surface area contributed by atoms with Gasteiger partial charge in [-0.3, -0.25) is 9.59 Å². The maximum absolute atomic E-state index is 12.3. The first-order valence-corrected chi connectivity index (χ1v) is 12.7. The fourth-order valence-electron chi connectivity index (χ4n) is 4.75. The average Bonchev–Trinajstić information content (AvgIpc) is 3.64. The zero-order valence-corrected chi connectivity index (χ0v) is 22.2. The SMILES string of the molecule is CNC(=O)[C@]1(C)CC[C@@H](Nc2ncc3c(Br)nn(-c4ccc(-c5ncco5)c(NC(=O)CC#N)c4)c3n2)C1. The van der Waals surface area contributed by atoms with Crippen LogP contribution in [-0.2, 0) is 9.59 Å². The van der Waals surface area contributed by atoms with E-state index in [1.807, 2.05) is 13.0 Å². The molecule has 2 amide bonds. The van der Waals surface area contributed by atoms with Gasteiger partial charge in [-0.25, -0.2) is 14.6 Å². The number of nitrogens with zero attached hydrogens (tertiary/aromatic N) is 6. The Morgan fingerprint density at radius 1 is 1.34 bits per heavy atom. The van der Waals surface area contributed by atoms with E-state index in [0.717, 1.165) is 12.8 Å². The Balaban J connectivity index is 1.49.